The summed E-state index contributed by atoms with van der Waals surface area (Å²) in [4.78, 5) is 28.6. The Morgan fingerprint density at radius 1 is 0.909 bits per heavy atom. The van der Waals surface area contributed by atoms with E-state index < -0.39 is 40.8 Å². The molecule has 6 nitrogen and oxygen atoms in total. The Hall–Kier alpha value is -3.73. The van der Waals surface area contributed by atoms with E-state index in [4.69, 9.17) is 11.6 Å². The van der Waals surface area contributed by atoms with Crippen LogP contribution in [-0.2, 0) is 6.18 Å². The average molecular weight is 485 g/mol. The van der Waals surface area contributed by atoms with Crippen molar-refractivity contribution in [2.75, 3.05) is 17.7 Å². The molecule has 0 fully saturated rings. The van der Waals surface area contributed by atoms with Gasteiger partial charge in [0, 0.05) is 12.6 Å². The highest BCUT2D eigenvalue weighted by Crippen LogP contribution is 2.32. The number of rotatable bonds is 5. The quantitative estimate of drug-likeness (QED) is 0.424. The van der Waals surface area contributed by atoms with Gasteiger partial charge in [-0.1, -0.05) is 11.6 Å². The van der Waals surface area contributed by atoms with E-state index in [0.29, 0.717) is 12.1 Å². The first-order valence-corrected chi connectivity index (χ1v) is 9.50. The number of benzene rings is 2. The number of nitrogens with zero attached hydrogens (tertiary/aromatic N) is 1. The van der Waals surface area contributed by atoms with E-state index in [1.165, 1.54) is 25.2 Å². The van der Waals surface area contributed by atoms with Gasteiger partial charge in [-0.05, 0) is 48.5 Å². The molecule has 3 N–H and O–H groups in total. The Balaban J connectivity index is 2.01. The van der Waals surface area contributed by atoms with Gasteiger partial charge >= 0.3 is 6.18 Å². The molecule has 1 heterocycles. The molecule has 172 valence electrons. The maximum absolute atomic E-state index is 13.7. The van der Waals surface area contributed by atoms with Crippen LogP contribution in [0.1, 0.15) is 26.4 Å². The Bertz CT molecular complexity index is 1230. The first-order chi connectivity index (χ1) is 15.5. The second kappa shape index (κ2) is 9.41. The molecule has 33 heavy (non-hydrogen) atoms. The number of anilines is 3. The second-order valence-electron chi connectivity index (χ2n) is 6.60. The Kier molecular flexibility index (Phi) is 6.82. The number of aromatic nitrogens is 1. The lowest BCUT2D eigenvalue weighted by Gasteiger charge is -2.15. The van der Waals surface area contributed by atoms with Gasteiger partial charge < -0.3 is 16.0 Å². The van der Waals surface area contributed by atoms with Crippen molar-refractivity contribution in [1.82, 2.24) is 10.3 Å². The summed E-state index contributed by atoms with van der Waals surface area (Å²) >= 11 is 6.03. The van der Waals surface area contributed by atoms with Crippen LogP contribution in [0.5, 0.6) is 0 Å². The number of carbonyl (C=O) groups is 2. The van der Waals surface area contributed by atoms with Crippen LogP contribution in [0.15, 0.2) is 48.5 Å². The number of nitrogens with one attached hydrogen (secondary N) is 3. The minimum Gasteiger partial charge on any atom is -0.354 e. The molecule has 12 heteroatoms. The highest BCUT2D eigenvalue weighted by atomic mass is 35.5. The molecular formula is C21H14ClF5N4O2. The minimum atomic E-state index is -4.88. The molecule has 3 aromatic rings. The van der Waals surface area contributed by atoms with E-state index in [1.54, 1.807) is 0 Å². The van der Waals surface area contributed by atoms with Crippen molar-refractivity contribution < 1.29 is 31.5 Å². The molecule has 0 aliphatic heterocycles. The summed E-state index contributed by atoms with van der Waals surface area (Å²) < 4.78 is 66.3. The molecule has 0 atom stereocenters. The molecule has 2 amide bonds. The third-order valence-electron chi connectivity index (χ3n) is 4.27. The predicted molar refractivity (Wildman–Crippen MR) is 112 cm³/mol. The Morgan fingerprint density at radius 3 is 2.30 bits per heavy atom. The zero-order chi connectivity index (χ0) is 24.3. The van der Waals surface area contributed by atoms with Gasteiger partial charge in [0.2, 0.25) is 0 Å². The number of pyridine rings is 1. The van der Waals surface area contributed by atoms with Crippen molar-refractivity contribution in [2.24, 2.45) is 0 Å². The fourth-order valence-electron chi connectivity index (χ4n) is 2.71. The first-order valence-electron chi connectivity index (χ1n) is 9.12. The van der Waals surface area contributed by atoms with Crippen LogP contribution in [0.3, 0.4) is 0 Å². The smallest absolute Gasteiger partial charge is 0.354 e. The fourth-order valence-corrected chi connectivity index (χ4v) is 2.88. The molecule has 0 aliphatic rings. The monoisotopic (exact) mass is 484 g/mol. The second-order valence-corrected chi connectivity index (χ2v) is 7.01. The average Bonchev–Trinajstić information content (AvgIpc) is 2.75. The number of hydrogen-bond acceptors (Lipinski definition) is 4. The third kappa shape index (κ3) is 5.75. The molecule has 0 spiro atoms. The lowest BCUT2D eigenvalue weighted by Crippen LogP contribution is -2.21. The molecule has 0 saturated carbocycles. The predicted octanol–water partition coefficient (Wildman–Crippen LogP) is 5.39. The summed E-state index contributed by atoms with van der Waals surface area (Å²) in [5.41, 5.74) is -2.00. The van der Waals surface area contributed by atoms with Crippen LogP contribution in [0.2, 0.25) is 5.02 Å². The molecule has 3 rings (SSSR count). The fraction of sp³-hybridized carbons (Fsp3) is 0.0952. The zero-order valence-electron chi connectivity index (χ0n) is 16.7. The normalized spacial score (nSPS) is 11.1. The van der Waals surface area contributed by atoms with Crippen molar-refractivity contribution in [1.29, 1.82) is 0 Å². The van der Waals surface area contributed by atoms with Crippen LogP contribution in [-0.4, -0.2) is 23.8 Å². The highest BCUT2D eigenvalue weighted by Gasteiger charge is 2.32. The zero-order valence-corrected chi connectivity index (χ0v) is 17.4. The SMILES string of the molecule is CNC(=O)c1ccc(Nc2cc(F)ccc2Cl)c(NC(=O)c2cc(F)cc(C(F)(F)F)c2)n1. The van der Waals surface area contributed by atoms with E-state index in [0.717, 1.165) is 12.1 Å². The van der Waals surface area contributed by atoms with Crippen molar-refractivity contribution in [3.8, 4) is 0 Å². The maximum Gasteiger partial charge on any atom is 0.416 e. The van der Waals surface area contributed by atoms with Crippen LogP contribution in [0, 0.1) is 11.6 Å². The van der Waals surface area contributed by atoms with Gasteiger partial charge in [0.25, 0.3) is 11.8 Å². The maximum atomic E-state index is 13.7. The molecule has 0 radical (unpaired) electrons. The van der Waals surface area contributed by atoms with Crippen molar-refractivity contribution in [3.63, 3.8) is 0 Å². The van der Waals surface area contributed by atoms with Gasteiger partial charge in [-0.15, -0.1) is 0 Å². The highest BCUT2D eigenvalue weighted by molar-refractivity contribution is 6.33. The van der Waals surface area contributed by atoms with Crippen LogP contribution >= 0.6 is 11.6 Å². The minimum absolute atomic E-state index is 0.0379. The van der Waals surface area contributed by atoms with Crippen molar-refractivity contribution in [2.45, 2.75) is 6.18 Å². The van der Waals surface area contributed by atoms with Crippen LogP contribution in [0.4, 0.5) is 39.1 Å². The molecule has 0 aliphatic carbocycles. The van der Waals surface area contributed by atoms with E-state index in [1.807, 2.05) is 0 Å². The molecule has 1 aromatic heterocycles. The molecule has 0 unspecified atom stereocenters. The number of hydrogen-bond donors (Lipinski definition) is 3. The largest absolute Gasteiger partial charge is 0.416 e. The summed E-state index contributed by atoms with van der Waals surface area (Å²) in [6.07, 6.45) is -4.88. The topological polar surface area (TPSA) is 83.1 Å². The van der Waals surface area contributed by atoms with Gasteiger partial charge in [0.05, 0.1) is 22.0 Å². The van der Waals surface area contributed by atoms with Gasteiger partial charge in [-0.2, -0.15) is 13.2 Å². The summed E-state index contributed by atoms with van der Waals surface area (Å²) in [5, 5.41) is 7.42. The molecule has 0 bridgehead atoms. The van der Waals surface area contributed by atoms with Gasteiger partial charge in [-0.25, -0.2) is 13.8 Å². The number of carbonyl (C=O) groups excluding carboxylic acids is 2. The molecular weight excluding hydrogens is 471 g/mol. The number of amides is 2. The summed E-state index contributed by atoms with van der Waals surface area (Å²) in [6.45, 7) is 0. The summed E-state index contributed by atoms with van der Waals surface area (Å²) in [6, 6.07) is 7.39. The van der Waals surface area contributed by atoms with E-state index in [2.05, 4.69) is 20.9 Å². The van der Waals surface area contributed by atoms with E-state index in [-0.39, 0.29) is 34.0 Å². The van der Waals surface area contributed by atoms with Gasteiger partial charge in [0.1, 0.15) is 17.3 Å². The van der Waals surface area contributed by atoms with Crippen LogP contribution < -0.4 is 16.0 Å². The number of halogens is 6. The van der Waals surface area contributed by atoms with Crippen molar-refractivity contribution >= 4 is 40.6 Å². The molecule has 0 saturated heterocycles. The van der Waals surface area contributed by atoms with Gasteiger partial charge in [0.15, 0.2) is 5.82 Å². The third-order valence-corrected chi connectivity index (χ3v) is 4.60. The van der Waals surface area contributed by atoms with Gasteiger partial charge in [-0.3, -0.25) is 9.59 Å². The Labute approximate surface area is 188 Å². The van der Waals surface area contributed by atoms with Crippen molar-refractivity contribution in [3.05, 3.63) is 82.0 Å². The Morgan fingerprint density at radius 2 is 1.64 bits per heavy atom. The standard InChI is InChI=1S/C21H14ClF5N4O2/c1-28-20(33)16-5-4-15(29-17-9-12(23)2-3-14(17)22)18(30-16)31-19(32)10-6-11(21(25,26)27)8-13(24)7-10/h2-9,29H,1H3,(H,28,33)(H,30,31,32). The first kappa shape index (κ1) is 23.9. The summed E-state index contributed by atoms with van der Waals surface area (Å²) in [7, 11) is 1.34. The molecule has 2 aromatic carbocycles. The van der Waals surface area contributed by atoms with E-state index >= 15 is 0 Å². The van der Waals surface area contributed by atoms with Crippen LogP contribution in [0.25, 0.3) is 0 Å². The lowest BCUT2D eigenvalue weighted by atomic mass is 10.1. The van der Waals surface area contributed by atoms with E-state index in [9.17, 15) is 31.5 Å². The number of alkyl halides is 3. The lowest BCUT2D eigenvalue weighted by molar-refractivity contribution is -0.137. The summed E-state index contributed by atoms with van der Waals surface area (Å²) in [5.74, 6) is -3.94.